The highest BCUT2D eigenvalue weighted by molar-refractivity contribution is 7.80. The van der Waals surface area contributed by atoms with Crippen LogP contribution in [0.5, 0.6) is 5.75 Å². The first-order valence-corrected chi connectivity index (χ1v) is 8.04. The minimum atomic E-state index is -0.666. The van der Waals surface area contributed by atoms with Gasteiger partial charge in [-0.25, -0.2) is 4.79 Å². The second-order valence-electron chi connectivity index (χ2n) is 5.96. The van der Waals surface area contributed by atoms with Gasteiger partial charge in [0, 0.05) is 6.07 Å². The van der Waals surface area contributed by atoms with Gasteiger partial charge in [-0.15, -0.1) is 0 Å². The number of hydrogen-bond acceptors (Lipinski definition) is 7. The van der Waals surface area contributed by atoms with Gasteiger partial charge < -0.3 is 25.0 Å². The Bertz CT molecular complexity index is 1250. The van der Waals surface area contributed by atoms with Gasteiger partial charge in [-0.05, 0) is 35.3 Å². The van der Waals surface area contributed by atoms with Gasteiger partial charge in [-0.2, -0.15) is 4.57 Å². The maximum Gasteiger partial charge on any atom is 0.344 e. The molecule has 2 aliphatic heterocycles. The van der Waals surface area contributed by atoms with Crippen molar-refractivity contribution in [1.29, 1.82) is 0 Å². The Morgan fingerprint density at radius 2 is 2.00 bits per heavy atom. The summed E-state index contributed by atoms with van der Waals surface area (Å²) >= 11 is 5.35. The minimum absolute atomic E-state index is 0.0879. The summed E-state index contributed by atoms with van der Waals surface area (Å²) in [6, 6.07) is 9.86. The van der Waals surface area contributed by atoms with Crippen LogP contribution in [0.2, 0.25) is 0 Å². The van der Waals surface area contributed by atoms with Gasteiger partial charge in [0.05, 0.1) is 22.4 Å². The molecule has 0 bridgehead atoms. The molecule has 0 spiro atoms. The van der Waals surface area contributed by atoms with Gasteiger partial charge in [0.1, 0.15) is 11.3 Å². The van der Waals surface area contributed by atoms with E-state index in [1.165, 1.54) is 10.6 Å². The van der Waals surface area contributed by atoms with Crippen LogP contribution in [0.4, 0.5) is 5.82 Å². The Hall–Kier alpha value is -3.46. The molecule has 0 saturated heterocycles. The van der Waals surface area contributed by atoms with E-state index in [-0.39, 0.29) is 22.3 Å². The maximum absolute atomic E-state index is 12.7. The average Bonchev–Trinajstić information content (AvgIpc) is 3.15. The third-order valence-corrected chi connectivity index (χ3v) is 4.98. The van der Waals surface area contributed by atoms with Crippen LogP contribution in [-0.4, -0.2) is 14.5 Å². The van der Waals surface area contributed by atoms with Gasteiger partial charge in [-0.3, -0.25) is 0 Å². The van der Waals surface area contributed by atoms with E-state index < -0.39 is 16.5 Å². The number of nitrogens with zero attached hydrogens (tertiary/aromatic N) is 2. The number of benzene rings is 1. The van der Waals surface area contributed by atoms with Gasteiger partial charge in [0.25, 0.3) is 0 Å². The zero-order valence-electron chi connectivity index (χ0n) is 13.0. The highest BCUT2D eigenvalue weighted by atomic mass is 32.1. The monoisotopic (exact) mass is 367 g/mol. The molecule has 9 heteroatoms. The van der Waals surface area contributed by atoms with Crippen molar-refractivity contribution in [2.45, 2.75) is 5.92 Å². The van der Waals surface area contributed by atoms with Crippen molar-refractivity contribution in [3.8, 4) is 5.75 Å². The quantitative estimate of drug-likeness (QED) is 0.304. The number of rotatable bonds is 1. The van der Waals surface area contributed by atoms with E-state index in [2.05, 4.69) is 0 Å². The lowest BCUT2D eigenvalue weighted by Gasteiger charge is -2.23. The fourth-order valence-electron chi connectivity index (χ4n) is 3.64. The van der Waals surface area contributed by atoms with E-state index in [9.17, 15) is 14.9 Å². The lowest BCUT2D eigenvalue weighted by Crippen LogP contribution is -2.27. The molecule has 8 nitrogen and oxygen atoms in total. The van der Waals surface area contributed by atoms with Gasteiger partial charge >= 0.3 is 11.4 Å². The van der Waals surface area contributed by atoms with E-state index in [1.54, 1.807) is 30.3 Å². The maximum atomic E-state index is 12.7. The third kappa shape index (κ3) is 1.67. The van der Waals surface area contributed by atoms with Crippen molar-refractivity contribution in [2.75, 3.05) is 0 Å². The van der Waals surface area contributed by atoms with E-state index >= 15 is 0 Å². The molecule has 0 aliphatic carbocycles. The number of aromatic nitrogens is 1. The number of thiocarbonyl (C=S) groups is 1. The predicted octanol–water partition coefficient (Wildman–Crippen LogP) is 2.50. The predicted molar refractivity (Wildman–Crippen MR) is 96.0 cm³/mol. The SMILES string of the molecule is NC1=C2C(=S)Oc3c(c(=O)oc4ccccc34)C2c2ccc([N+](=O)[O-])n21. The first kappa shape index (κ1) is 14.8. The lowest BCUT2D eigenvalue weighted by molar-refractivity contribution is -0.390. The molecule has 0 fully saturated rings. The van der Waals surface area contributed by atoms with Crippen LogP contribution in [0.1, 0.15) is 17.2 Å². The summed E-state index contributed by atoms with van der Waals surface area (Å²) in [7, 11) is 0. The molecule has 2 aromatic heterocycles. The second-order valence-corrected chi connectivity index (χ2v) is 6.33. The fraction of sp³-hybridized carbons (Fsp3) is 0.0588. The number of nitrogens with two attached hydrogens (primary N) is 1. The molecular formula is C17H9N3O5S. The molecule has 1 atom stereocenters. The molecule has 1 unspecified atom stereocenters. The van der Waals surface area contributed by atoms with Crippen LogP contribution in [0, 0.1) is 10.1 Å². The Kier molecular flexibility index (Phi) is 2.74. The highest BCUT2D eigenvalue weighted by Crippen LogP contribution is 2.49. The van der Waals surface area contributed by atoms with Gasteiger partial charge in [0.15, 0.2) is 5.75 Å². The molecule has 3 aromatic rings. The molecule has 2 aliphatic rings. The molecule has 0 saturated carbocycles. The molecule has 0 amide bonds. The van der Waals surface area contributed by atoms with E-state index in [0.29, 0.717) is 28.0 Å². The summed E-state index contributed by atoms with van der Waals surface area (Å²) in [5, 5.41) is 12.0. The standard InChI is InChI=1S/C17H9N3O5S/c18-15-13-11(8-5-6-10(19(8)15)20(22)23)12-14(25-17(13)26)7-3-1-2-4-9(7)24-16(12)21/h1-6,11H,18H2. The topological polar surface area (TPSA) is 114 Å². The van der Waals surface area contributed by atoms with Crippen molar-refractivity contribution in [3.05, 3.63) is 73.8 Å². The van der Waals surface area contributed by atoms with Crippen LogP contribution in [0.15, 0.2) is 51.2 Å². The van der Waals surface area contributed by atoms with Crippen LogP contribution < -0.4 is 16.1 Å². The van der Waals surface area contributed by atoms with Crippen molar-refractivity contribution < 1.29 is 14.1 Å². The molecule has 1 aromatic carbocycles. The van der Waals surface area contributed by atoms with E-state index in [4.69, 9.17) is 27.1 Å². The Morgan fingerprint density at radius 1 is 1.23 bits per heavy atom. The van der Waals surface area contributed by atoms with Crippen LogP contribution in [0.25, 0.3) is 16.8 Å². The molecular weight excluding hydrogens is 358 g/mol. The van der Waals surface area contributed by atoms with E-state index in [1.807, 2.05) is 0 Å². The average molecular weight is 367 g/mol. The van der Waals surface area contributed by atoms with Crippen LogP contribution >= 0.6 is 12.2 Å². The van der Waals surface area contributed by atoms with Crippen molar-refractivity contribution in [1.82, 2.24) is 4.57 Å². The first-order chi connectivity index (χ1) is 12.5. The fourth-order valence-corrected chi connectivity index (χ4v) is 3.95. The molecule has 2 N–H and O–H groups in total. The van der Waals surface area contributed by atoms with E-state index in [0.717, 1.165) is 0 Å². The number of fused-ring (bicyclic) bond motifs is 7. The molecule has 0 radical (unpaired) electrons. The summed E-state index contributed by atoms with van der Waals surface area (Å²) in [5.74, 6) is -0.472. The third-order valence-electron chi connectivity index (χ3n) is 4.68. The number of ether oxygens (including phenoxy) is 1. The summed E-state index contributed by atoms with van der Waals surface area (Å²) in [4.78, 5) is 23.5. The summed E-state index contributed by atoms with van der Waals surface area (Å²) in [6.45, 7) is 0. The number of para-hydroxylation sites is 1. The highest BCUT2D eigenvalue weighted by Gasteiger charge is 2.48. The number of hydrogen-bond donors (Lipinski definition) is 1. The Morgan fingerprint density at radius 3 is 2.77 bits per heavy atom. The molecule has 128 valence electrons. The van der Waals surface area contributed by atoms with Crippen LogP contribution in [-0.2, 0) is 0 Å². The first-order valence-electron chi connectivity index (χ1n) is 7.63. The molecule has 5 rings (SSSR count). The van der Waals surface area contributed by atoms with Crippen molar-refractivity contribution in [2.24, 2.45) is 5.73 Å². The lowest BCUT2D eigenvalue weighted by atomic mass is 9.88. The summed E-state index contributed by atoms with van der Waals surface area (Å²) < 4.78 is 12.5. The normalized spacial score (nSPS) is 17.7. The summed E-state index contributed by atoms with van der Waals surface area (Å²) in [5.41, 5.74) is 7.01. The molecule has 4 heterocycles. The Labute approximate surface area is 150 Å². The minimum Gasteiger partial charge on any atom is -0.444 e. The van der Waals surface area contributed by atoms with Crippen LogP contribution in [0.3, 0.4) is 0 Å². The zero-order valence-corrected chi connectivity index (χ0v) is 13.8. The van der Waals surface area contributed by atoms with Crippen molar-refractivity contribution in [3.63, 3.8) is 0 Å². The molecule has 26 heavy (non-hydrogen) atoms. The zero-order chi connectivity index (χ0) is 18.2. The Balaban J connectivity index is 1.90. The van der Waals surface area contributed by atoms with Gasteiger partial charge in [-0.1, -0.05) is 12.1 Å². The second kappa shape index (κ2) is 4.79. The summed E-state index contributed by atoms with van der Waals surface area (Å²) in [6.07, 6.45) is 0. The largest absolute Gasteiger partial charge is 0.444 e. The number of nitro groups is 1. The van der Waals surface area contributed by atoms with Gasteiger partial charge in [0.2, 0.25) is 10.9 Å². The van der Waals surface area contributed by atoms with Crippen molar-refractivity contribution >= 4 is 39.9 Å². The smallest absolute Gasteiger partial charge is 0.344 e.